The van der Waals surface area contributed by atoms with E-state index in [9.17, 15) is 8.42 Å². The molecule has 88 valence electrons. The minimum Gasteiger partial charge on any atom is -0.212 e. The van der Waals surface area contributed by atoms with E-state index in [1.165, 1.54) is 4.88 Å². The van der Waals surface area contributed by atoms with Crippen LogP contribution in [0.4, 0.5) is 0 Å². The van der Waals surface area contributed by atoms with E-state index in [1.807, 2.05) is 6.07 Å². The summed E-state index contributed by atoms with van der Waals surface area (Å²) in [4.78, 5) is 1.24. The number of fused-ring (bicyclic) bond motifs is 1. The lowest BCUT2D eigenvalue weighted by atomic mass is 10.1. The third-order valence-corrected chi connectivity index (χ3v) is 6.82. The fraction of sp³-hybridized carbons (Fsp3) is 0.600. The highest BCUT2D eigenvalue weighted by Gasteiger charge is 2.41. The zero-order valence-corrected chi connectivity index (χ0v) is 11.0. The summed E-state index contributed by atoms with van der Waals surface area (Å²) >= 11 is 7.51. The van der Waals surface area contributed by atoms with Gasteiger partial charge >= 0.3 is 0 Å². The van der Waals surface area contributed by atoms with Gasteiger partial charge in [-0.2, -0.15) is 4.31 Å². The topological polar surface area (TPSA) is 37.4 Å². The maximum absolute atomic E-state index is 12.1. The van der Waals surface area contributed by atoms with Crippen molar-refractivity contribution in [1.82, 2.24) is 4.31 Å². The van der Waals surface area contributed by atoms with Crippen LogP contribution >= 0.6 is 22.9 Å². The van der Waals surface area contributed by atoms with Crippen LogP contribution in [0.5, 0.6) is 0 Å². The van der Waals surface area contributed by atoms with Crippen LogP contribution in [-0.2, 0) is 23.0 Å². The van der Waals surface area contributed by atoms with Gasteiger partial charge < -0.3 is 0 Å². The monoisotopic (exact) mass is 277 g/mol. The lowest BCUT2D eigenvalue weighted by Gasteiger charge is -2.26. The smallest absolute Gasteiger partial charge is 0.212 e. The average Bonchev–Trinajstić information content (AvgIpc) is 3.00. The maximum Gasteiger partial charge on any atom is 0.217 e. The van der Waals surface area contributed by atoms with Crippen LogP contribution in [0.15, 0.2) is 6.07 Å². The normalized spacial score (nSPS) is 22.1. The quantitative estimate of drug-likeness (QED) is 0.831. The standard InChI is InChI=1S/C10H12ClNO2S2/c11-10-5-7-6-12(4-3-9(7)15-10)16(13,14)8-1-2-8/h5,8H,1-4,6H2. The van der Waals surface area contributed by atoms with E-state index >= 15 is 0 Å². The highest BCUT2D eigenvalue weighted by molar-refractivity contribution is 7.90. The summed E-state index contributed by atoms with van der Waals surface area (Å²) in [6, 6.07) is 1.90. The predicted octanol–water partition coefficient (Wildman–Crippen LogP) is 2.25. The van der Waals surface area contributed by atoms with Crippen molar-refractivity contribution in [2.75, 3.05) is 6.54 Å². The van der Waals surface area contributed by atoms with Crippen LogP contribution in [0.3, 0.4) is 0 Å². The summed E-state index contributed by atoms with van der Waals surface area (Å²) in [5.74, 6) is 0. The van der Waals surface area contributed by atoms with E-state index in [1.54, 1.807) is 15.6 Å². The number of thiophene rings is 1. The maximum atomic E-state index is 12.1. The molecule has 2 aliphatic rings. The summed E-state index contributed by atoms with van der Waals surface area (Å²) in [5.41, 5.74) is 1.09. The van der Waals surface area contributed by atoms with E-state index in [4.69, 9.17) is 11.6 Å². The Morgan fingerprint density at radius 1 is 1.44 bits per heavy atom. The summed E-state index contributed by atoms with van der Waals surface area (Å²) < 4.78 is 26.5. The molecule has 1 saturated carbocycles. The molecule has 1 fully saturated rings. The van der Waals surface area contributed by atoms with Gasteiger partial charge in [0, 0.05) is 18.0 Å². The van der Waals surface area contributed by atoms with Crippen LogP contribution in [-0.4, -0.2) is 24.5 Å². The molecular weight excluding hydrogens is 266 g/mol. The molecule has 0 spiro atoms. The second kappa shape index (κ2) is 3.70. The summed E-state index contributed by atoms with van der Waals surface area (Å²) in [7, 11) is -3.03. The molecule has 1 aromatic heterocycles. The number of hydrogen-bond acceptors (Lipinski definition) is 3. The minimum absolute atomic E-state index is 0.108. The van der Waals surface area contributed by atoms with E-state index in [0.29, 0.717) is 13.1 Å². The number of halogens is 1. The largest absolute Gasteiger partial charge is 0.217 e. The van der Waals surface area contributed by atoms with Crippen molar-refractivity contribution in [3.05, 3.63) is 20.8 Å². The Morgan fingerprint density at radius 3 is 2.88 bits per heavy atom. The van der Waals surface area contributed by atoms with Crippen molar-refractivity contribution in [1.29, 1.82) is 0 Å². The van der Waals surface area contributed by atoms with Gasteiger partial charge in [-0.3, -0.25) is 0 Å². The van der Waals surface area contributed by atoms with Crippen molar-refractivity contribution in [2.24, 2.45) is 0 Å². The zero-order chi connectivity index (χ0) is 11.3. The molecule has 0 bridgehead atoms. The molecule has 6 heteroatoms. The van der Waals surface area contributed by atoms with Gasteiger partial charge in [0.05, 0.1) is 9.59 Å². The molecule has 0 saturated heterocycles. The second-order valence-corrected chi connectivity index (χ2v) is 8.31. The SMILES string of the molecule is O=S(=O)(C1CC1)N1CCc2sc(Cl)cc2C1. The third kappa shape index (κ3) is 1.79. The van der Waals surface area contributed by atoms with Crippen LogP contribution < -0.4 is 0 Å². The Balaban J connectivity index is 1.87. The van der Waals surface area contributed by atoms with Crippen molar-refractivity contribution in [3.8, 4) is 0 Å². The number of hydrogen-bond donors (Lipinski definition) is 0. The fourth-order valence-corrected chi connectivity index (χ4v) is 5.18. The van der Waals surface area contributed by atoms with Crippen LogP contribution in [0.2, 0.25) is 4.34 Å². The first-order chi connectivity index (χ1) is 7.57. The third-order valence-electron chi connectivity index (χ3n) is 3.11. The van der Waals surface area contributed by atoms with Gasteiger partial charge in [0.15, 0.2) is 0 Å². The Hall–Kier alpha value is -0.100. The Kier molecular flexibility index (Phi) is 2.55. The van der Waals surface area contributed by atoms with Crippen LogP contribution in [0, 0.1) is 0 Å². The van der Waals surface area contributed by atoms with Gasteiger partial charge in [-0.1, -0.05) is 11.6 Å². The summed E-state index contributed by atoms with van der Waals surface area (Å²) in [6.07, 6.45) is 2.46. The predicted molar refractivity (Wildman–Crippen MR) is 65.4 cm³/mol. The van der Waals surface area contributed by atoms with Crippen molar-refractivity contribution in [3.63, 3.8) is 0 Å². The first kappa shape index (κ1) is 11.0. The van der Waals surface area contributed by atoms with Gasteiger partial charge in [-0.05, 0) is 30.9 Å². The second-order valence-electron chi connectivity index (χ2n) is 4.33. The van der Waals surface area contributed by atoms with Gasteiger partial charge in [0.1, 0.15) is 0 Å². The highest BCUT2D eigenvalue weighted by Crippen LogP contribution is 2.36. The number of sulfonamides is 1. The van der Waals surface area contributed by atoms with Crippen LogP contribution in [0.1, 0.15) is 23.3 Å². The van der Waals surface area contributed by atoms with Gasteiger partial charge in [0.2, 0.25) is 10.0 Å². The zero-order valence-electron chi connectivity index (χ0n) is 8.65. The molecule has 0 unspecified atom stereocenters. The highest BCUT2D eigenvalue weighted by atomic mass is 35.5. The molecule has 0 radical (unpaired) electrons. The van der Waals surface area contributed by atoms with E-state index < -0.39 is 10.0 Å². The van der Waals surface area contributed by atoms with E-state index in [-0.39, 0.29) is 5.25 Å². The number of nitrogens with zero attached hydrogens (tertiary/aromatic N) is 1. The fourth-order valence-electron chi connectivity index (χ4n) is 2.06. The molecule has 2 heterocycles. The summed E-state index contributed by atoms with van der Waals surface area (Å²) in [5, 5.41) is -0.108. The molecule has 1 aliphatic carbocycles. The molecule has 16 heavy (non-hydrogen) atoms. The van der Waals surface area contributed by atoms with Crippen molar-refractivity contribution < 1.29 is 8.42 Å². The Morgan fingerprint density at radius 2 is 2.19 bits per heavy atom. The molecule has 1 aliphatic heterocycles. The van der Waals surface area contributed by atoms with Gasteiger partial charge in [0.25, 0.3) is 0 Å². The van der Waals surface area contributed by atoms with Crippen molar-refractivity contribution in [2.45, 2.75) is 31.1 Å². The Labute approximate surface area is 104 Å². The molecule has 0 amide bonds. The average molecular weight is 278 g/mol. The molecular formula is C10H12ClNO2S2. The molecule has 1 aromatic rings. The summed E-state index contributed by atoms with van der Waals surface area (Å²) in [6.45, 7) is 1.13. The molecule has 0 N–H and O–H groups in total. The van der Waals surface area contributed by atoms with Crippen LogP contribution in [0.25, 0.3) is 0 Å². The molecule has 3 rings (SSSR count). The molecule has 0 aromatic carbocycles. The molecule has 3 nitrogen and oxygen atoms in total. The van der Waals surface area contributed by atoms with Gasteiger partial charge in [-0.15, -0.1) is 11.3 Å². The molecule has 0 atom stereocenters. The minimum atomic E-state index is -3.03. The van der Waals surface area contributed by atoms with E-state index in [0.717, 1.165) is 29.2 Å². The first-order valence-corrected chi connectivity index (χ1v) is 8.03. The van der Waals surface area contributed by atoms with E-state index in [2.05, 4.69) is 0 Å². The first-order valence-electron chi connectivity index (χ1n) is 5.33. The van der Waals surface area contributed by atoms with Crippen molar-refractivity contribution >= 4 is 33.0 Å². The lowest BCUT2D eigenvalue weighted by Crippen LogP contribution is -2.37. The number of rotatable bonds is 2. The lowest BCUT2D eigenvalue weighted by molar-refractivity contribution is 0.393. The Bertz CT molecular complexity index is 519. The van der Waals surface area contributed by atoms with Gasteiger partial charge in [-0.25, -0.2) is 8.42 Å².